The second-order valence-corrected chi connectivity index (χ2v) is 10.6. The predicted octanol–water partition coefficient (Wildman–Crippen LogP) is 5.10. The molecule has 2 saturated carbocycles. The number of urea groups is 1. The first-order valence-electron chi connectivity index (χ1n) is 13.1. The number of hydrogen-bond acceptors (Lipinski definition) is 3. The average Bonchev–Trinajstić information content (AvgIpc) is 3.12. The Morgan fingerprint density at radius 3 is 1.91 bits per heavy atom. The van der Waals surface area contributed by atoms with Crippen LogP contribution in [0.5, 0.6) is 0 Å². The Bertz CT molecular complexity index is 772. The van der Waals surface area contributed by atoms with Crippen LogP contribution in [0.2, 0.25) is 0 Å². The van der Waals surface area contributed by atoms with Crippen molar-refractivity contribution in [3.05, 3.63) is 35.9 Å². The number of hydrogen-bond donors (Lipinski definition) is 1. The second kappa shape index (κ2) is 9.54. The molecule has 4 fully saturated rings. The van der Waals surface area contributed by atoms with Gasteiger partial charge in [0.15, 0.2) is 0 Å². The Labute approximate surface area is 192 Å². The van der Waals surface area contributed by atoms with Crippen molar-refractivity contribution in [2.75, 3.05) is 13.1 Å². The van der Waals surface area contributed by atoms with Crippen LogP contribution in [0.1, 0.15) is 82.6 Å². The number of carbonyl (C=O) groups is 2. The fraction of sp³-hybridized carbons (Fsp3) is 0.704. The molecule has 2 heterocycles. The van der Waals surface area contributed by atoms with E-state index >= 15 is 0 Å². The van der Waals surface area contributed by atoms with E-state index in [9.17, 15) is 9.59 Å². The van der Waals surface area contributed by atoms with Gasteiger partial charge in [0, 0.05) is 25.7 Å². The van der Waals surface area contributed by atoms with Gasteiger partial charge in [-0.3, -0.25) is 14.6 Å². The van der Waals surface area contributed by atoms with Crippen LogP contribution in [-0.2, 0) is 11.3 Å². The molecule has 3 amide bonds. The van der Waals surface area contributed by atoms with E-state index in [2.05, 4.69) is 40.5 Å². The van der Waals surface area contributed by atoms with Crippen molar-refractivity contribution in [1.82, 2.24) is 15.1 Å². The van der Waals surface area contributed by atoms with Gasteiger partial charge in [-0.25, -0.2) is 4.79 Å². The molecule has 0 spiro atoms. The quantitative estimate of drug-likeness (QED) is 0.652. The van der Waals surface area contributed by atoms with Crippen LogP contribution in [0.3, 0.4) is 0 Å². The van der Waals surface area contributed by atoms with E-state index in [4.69, 9.17) is 0 Å². The van der Waals surface area contributed by atoms with Crippen molar-refractivity contribution in [1.29, 1.82) is 0 Å². The van der Waals surface area contributed by atoms with E-state index in [0.717, 1.165) is 58.2 Å². The maximum Gasteiger partial charge on any atom is 0.325 e. The second-order valence-electron chi connectivity index (χ2n) is 10.6. The van der Waals surface area contributed by atoms with Crippen LogP contribution in [-0.4, -0.2) is 46.4 Å². The summed E-state index contributed by atoms with van der Waals surface area (Å²) in [6.07, 6.45) is 13.4. The summed E-state index contributed by atoms with van der Waals surface area (Å²) >= 11 is 0. The Kier molecular flexibility index (Phi) is 6.54. The summed E-state index contributed by atoms with van der Waals surface area (Å²) in [6, 6.07) is 10.5. The zero-order valence-corrected chi connectivity index (χ0v) is 19.4. The molecule has 174 valence electrons. The third-order valence-corrected chi connectivity index (χ3v) is 8.77. The van der Waals surface area contributed by atoms with Crippen molar-refractivity contribution in [3.8, 4) is 0 Å². The SMILES string of the molecule is O=C1NC(C2CCCCC2)(C2CCCCC2)C(=O)N1C1CCN(Cc2ccccc2)CC1. The van der Waals surface area contributed by atoms with Gasteiger partial charge in [-0.1, -0.05) is 68.9 Å². The van der Waals surface area contributed by atoms with E-state index in [1.807, 2.05) is 0 Å². The first-order valence-corrected chi connectivity index (χ1v) is 13.1. The molecule has 0 aromatic heterocycles. The first-order chi connectivity index (χ1) is 15.7. The molecule has 1 aromatic rings. The minimum atomic E-state index is -0.626. The van der Waals surface area contributed by atoms with Crippen LogP contribution < -0.4 is 5.32 Å². The molecule has 5 rings (SSSR count). The van der Waals surface area contributed by atoms with Crippen LogP contribution in [0.4, 0.5) is 4.79 Å². The summed E-state index contributed by atoms with van der Waals surface area (Å²) in [6.45, 7) is 2.83. The van der Waals surface area contributed by atoms with Crippen LogP contribution in [0.25, 0.3) is 0 Å². The maximum atomic E-state index is 14.1. The number of benzene rings is 1. The zero-order valence-electron chi connectivity index (χ0n) is 19.4. The molecule has 5 nitrogen and oxygen atoms in total. The fourth-order valence-electron chi connectivity index (χ4n) is 7.09. The standard InChI is InChI=1S/C27H39N3O2/c31-25-27(22-12-6-2-7-13-22,23-14-8-3-9-15-23)28-26(32)30(25)24-16-18-29(19-17-24)20-21-10-4-1-5-11-21/h1,4-5,10-11,22-24H,2-3,6-9,12-20H2,(H,28,32). The molecule has 1 aromatic carbocycles. The molecule has 0 radical (unpaired) electrons. The highest BCUT2D eigenvalue weighted by Gasteiger charge is 2.60. The minimum absolute atomic E-state index is 0.0450. The molecular weight excluding hydrogens is 398 g/mol. The Hall–Kier alpha value is -1.88. The van der Waals surface area contributed by atoms with Crippen molar-refractivity contribution in [2.24, 2.45) is 11.8 Å². The lowest BCUT2D eigenvalue weighted by molar-refractivity contribution is -0.139. The van der Waals surface area contributed by atoms with Crippen molar-refractivity contribution in [3.63, 3.8) is 0 Å². The van der Waals surface area contributed by atoms with Gasteiger partial charge in [-0.15, -0.1) is 0 Å². The molecule has 5 heteroatoms. The van der Waals surface area contributed by atoms with Crippen LogP contribution in [0, 0.1) is 11.8 Å². The highest BCUT2D eigenvalue weighted by atomic mass is 16.2. The number of nitrogens with zero attached hydrogens (tertiary/aromatic N) is 2. The number of imide groups is 1. The predicted molar refractivity (Wildman–Crippen MR) is 126 cm³/mol. The van der Waals surface area contributed by atoms with E-state index in [1.54, 1.807) is 4.90 Å². The van der Waals surface area contributed by atoms with Gasteiger partial charge in [0.05, 0.1) is 0 Å². The summed E-state index contributed by atoms with van der Waals surface area (Å²) in [5, 5.41) is 3.38. The van der Waals surface area contributed by atoms with Crippen molar-refractivity contribution < 1.29 is 9.59 Å². The summed E-state index contributed by atoms with van der Waals surface area (Å²) in [7, 11) is 0. The van der Waals surface area contributed by atoms with Gasteiger partial charge in [0.1, 0.15) is 5.54 Å². The number of rotatable bonds is 5. The third-order valence-electron chi connectivity index (χ3n) is 8.77. The molecule has 32 heavy (non-hydrogen) atoms. The summed E-state index contributed by atoms with van der Waals surface area (Å²) in [5.74, 6) is 0.765. The minimum Gasteiger partial charge on any atom is -0.323 e. The molecule has 0 bridgehead atoms. The molecule has 2 aliphatic heterocycles. The van der Waals surface area contributed by atoms with Crippen LogP contribution >= 0.6 is 0 Å². The van der Waals surface area contributed by atoms with Gasteiger partial charge in [-0.2, -0.15) is 0 Å². The number of nitrogens with one attached hydrogen (secondary N) is 1. The van der Waals surface area contributed by atoms with E-state index < -0.39 is 5.54 Å². The molecular formula is C27H39N3O2. The smallest absolute Gasteiger partial charge is 0.323 e. The molecule has 0 unspecified atom stereocenters. The van der Waals surface area contributed by atoms with Gasteiger partial charge in [-0.05, 0) is 55.9 Å². The largest absolute Gasteiger partial charge is 0.325 e. The highest BCUT2D eigenvalue weighted by Crippen LogP contribution is 2.46. The molecule has 2 saturated heterocycles. The highest BCUT2D eigenvalue weighted by molar-refractivity contribution is 6.07. The third kappa shape index (κ3) is 4.09. The lowest BCUT2D eigenvalue weighted by Gasteiger charge is -2.45. The Balaban J connectivity index is 1.30. The Morgan fingerprint density at radius 1 is 0.781 bits per heavy atom. The monoisotopic (exact) mass is 437 g/mol. The summed E-state index contributed by atoms with van der Waals surface area (Å²) in [5.41, 5.74) is 0.702. The number of piperidine rings is 1. The molecule has 1 N–H and O–H groups in total. The van der Waals surface area contributed by atoms with Gasteiger partial charge in [0.2, 0.25) is 0 Å². The average molecular weight is 438 g/mol. The molecule has 4 aliphatic rings. The van der Waals surface area contributed by atoms with Gasteiger partial charge >= 0.3 is 6.03 Å². The van der Waals surface area contributed by atoms with Crippen LogP contribution in [0.15, 0.2) is 30.3 Å². The summed E-state index contributed by atoms with van der Waals surface area (Å²) in [4.78, 5) is 31.6. The van der Waals surface area contributed by atoms with E-state index in [0.29, 0.717) is 11.8 Å². The first kappa shape index (κ1) is 21.9. The zero-order chi connectivity index (χ0) is 22.0. The summed E-state index contributed by atoms with van der Waals surface area (Å²) < 4.78 is 0. The van der Waals surface area contributed by atoms with Crippen molar-refractivity contribution in [2.45, 2.75) is 95.2 Å². The molecule has 2 aliphatic carbocycles. The molecule has 0 atom stereocenters. The maximum absolute atomic E-state index is 14.1. The Morgan fingerprint density at radius 2 is 1.34 bits per heavy atom. The lowest BCUT2D eigenvalue weighted by Crippen LogP contribution is -2.60. The topological polar surface area (TPSA) is 52.7 Å². The van der Waals surface area contributed by atoms with Crippen molar-refractivity contribution >= 4 is 11.9 Å². The number of likely N-dealkylation sites (tertiary alicyclic amines) is 1. The number of carbonyl (C=O) groups excluding carboxylic acids is 2. The number of amides is 3. The van der Waals surface area contributed by atoms with E-state index in [1.165, 1.54) is 44.1 Å². The normalized spacial score (nSPS) is 26.4. The van der Waals surface area contributed by atoms with E-state index in [-0.39, 0.29) is 18.0 Å². The van der Waals surface area contributed by atoms with Gasteiger partial charge in [0.25, 0.3) is 5.91 Å². The van der Waals surface area contributed by atoms with Gasteiger partial charge < -0.3 is 5.32 Å². The lowest BCUT2D eigenvalue weighted by atomic mass is 9.64. The fourth-order valence-corrected chi connectivity index (χ4v) is 7.09.